The Morgan fingerprint density at radius 1 is 1.43 bits per heavy atom. The van der Waals surface area contributed by atoms with Crippen LogP contribution in [0, 0.1) is 0 Å². The van der Waals surface area contributed by atoms with Crippen LogP contribution in [0.25, 0.3) is 10.9 Å². The summed E-state index contributed by atoms with van der Waals surface area (Å²) in [5.74, 6) is -1.20. The minimum atomic E-state index is -4.31. The summed E-state index contributed by atoms with van der Waals surface area (Å²) in [6.07, 6.45) is 2.42. The highest BCUT2D eigenvalue weighted by Gasteiger charge is 2.21. The Morgan fingerprint density at radius 2 is 2.14 bits per heavy atom. The molecule has 0 amide bonds. The maximum atomic E-state index is 11.2. The Balaban J connectivity index is 2.50. The molecule has 1 atom stereocenters. The van der Waals surface area contributed by atoms with E-state index in [1.807, 2.05) is 0 Å². The average Bonchev–Trinajstić information content (AvgIpc) is 2.37. The number of aromatic nitrogens is 2. The van der Waals surface area contributed by atoms with E-state index in [2.05, 4.69) is 9.97 Å². The van der Waals surface area contributed by atoms with Crippen molar-refractivity contribution in [1.82, 2.24) is 9.97 Å². The first-order valence-corrected chi connectivity index (χ1v) is 7.81. The van der Waals surface area contributed by atoms with Crippen LogP contribution in [0.4, 0.5) is 0 Å². The maximum Gasteiger partial charge on any atom is 0.329 e. The average molecular weight is 311 g/mol. The molecule has 0 aliphatic heterocycles. The van der Waals surface area contributed by atoms with Crippen molar-refractivity contribution in [2.45, 2.75) is 18.6 Å². The lowest BCUT2D eigenvalue weighted by Crippen LogP contribution is -2.33. The third-order valence-electron chi connectivity index (χ3n) is 2.89. The van der Waals surface area contributed by atoms with Gasteiger partial charge in [0.1, 0.15) is 6.04 Å². The second-order valence-electron chi connectivity index (χ2n) is 4.63. The van der Waals surface area contributed by atoms with Crippen molar-refractivity contribution in [3.8, 4) is 0 Å². The van der Waals surface area contributed by atoms with E-state index in [9.17, 15) is 9.36 Å². The molecule has 0 unspecified atom stereocenters. The predicted molar refractivity (Wildman–Crippen MR) is 74.6 cm³/mol. The first kappa shape index (κ1) is 15.5. The van der Waals surface area contributed by atoms with Crippen molar-refractivity contribution in [2.24, 2.45) is 5.73 Å². The fourth-order valence-electron chi connectivity index (χ4n) is 1.93. The van der Waals surface area contributed by atoms with Gasteiger partial charge in [-0.3, -0.25) is 19.3 Å². The van der Waals surface area contributed by atoms with E-state index in [0.717, 1.165) is 0 Å². The van der Waals surface area contributed by atoms with Crippen molar-refractivity contribution < 1.29 is 24.3 Å². The number of rotatable bonds is 5. The van der Waals surface area contributed by atoms with Crippen LogP contribution in [0.3, 0.4) is 0 Å². The van der Waals surface area contributed by atoms with E-state index in [-0.39, 0.29) is 17.7 Å². The summed E-state index contributed by atoms with van der Waals surface area (Å²) < 4.78 is 11.2. The minimum absolute atomic E-state index is 0.108. The summed E-state index contributed by atoms with van der Waals surface area (Å²) >= 11 is 0. The maximum absolute atomic E-state index is 11.2. The molecule has 2 rings (SSSR count). The van der Waals surface area contributed by atoms with Crippen LogP contribution in [-0.2, 0) is 21.9 Å². The van der Waals surface area contributed by atoms with Gasteiger partial charge in [-0.15, -0.1) is 0 Å². The molecule has 0 fully saturated rings. The van der Waals surface area contributed by atoms with Gasteiger partial charge in [-0.25, -0.2) is 0 Å². The van der Waals surface area contributed by atoms with Crippen LogP contribution < -0.4 is 5.73 Å². The number of carboxylic acids is 1. The van der Waals surface area contributed by atoms with E-state index in [1.165, 1.54) is 12.4 Å². The van der Waals surface area contributed by atoms with Crippen molar-refractivity contribution in [2.75, 3.05) is 0 Å². The summed E-state index contributed by atoms with van der Waals surface area (Å²) in [5, 5.41) is 9.48. The predicted octanol–water partition coefficient (Wildman–Crippen LogP) is 0.262. The molecule has 5 N–H and O–H groups in total. The third-order valence-corrected chi connectivity index (χ3v) is 3.64. The fraction of sp³-hybridized carbons (Fsp3) is 0.250. The number of carboxylic acid groups (broad SMARTS) is 1. The van der Waals surface area contributed by atoms with E-state index < -0.39 is 25.8 Å². The van der Waals surface area contributed by atoms with E-state index in [1.54, 1.807) is 12.1 Å². The zero-order valence-corrected chi connectivity index (χ0v) is 11.8. The van der Waals surface area contributed by atoms with Gasteiger partial charge < -0.3 is 20.6 Å². The molecule has 9 heteroatoms. The molecule has 0 aromatic carbocycles. The molecule has 21 heavy (non-hydrogen) atoms. The van der Waals surface area contributed by atoms with Gasteiger partial charge in [0.25, 0.3) is 0 Å². The highest BCUT2D eigenvalue weighted by atomic mass is 31.2. The highest BCUT2D eigenvalue weighted by molar-refractivity contribution is 7.50. The summed E-state index contributed by atoms with van der Waals surface area (Å²) in [6.45, 7) is 0. The normalized spacial score (nSPS) is 13.3. The molecule has 2 aromatic heterocycles. The lowest BCUT2D eigenvalue weighted by molar-refractivity contribution is -0.138. The van der Waals surface area contributed by atoms with Crippen molar-refractivity contribution in [1.29, 1.82) is 0 Å². The highest BCUT2D eigenvalue weighted by Crippen LogP contribution is 2.40. The fourth-order valence-corrected chi connectivity index (χ4v) is 2.65. The molecule has 112 valence electrons. The Hall–Kier alpha value is -1.86. The summed E-state index contributed by atoms with van der Waals surface area (Å²) in [5.41, 5.74) is 6.59. The van der Waals surface area contributed by atoms with Gasteiger partial charge >= 0.3 is 13.6 Å². The second-order valence-corrected chi connectivity index (χ2v) is 6.28. The zero-order chi connectivity index (χ0) is 15.6. The lowest BCUT2D eigenvalue weighted by atomic mass is 10.1. The molecule has 0 bridgehead atoms. The molecule has 2 heterocycles. The Labute approximate surface area is 119 Å². The lowest BCUT2D eigenvalue weighted by Gasteiger charge is -2.13. The standard InChI is InChI=1S/C12H14N3O5P/c13-9(12(16)17)4-11-8(6-21(18,19)20)3-7-5-14-2-1-10(7)15-11/h1-3,5,9H,4,6,13H2,(H,16,17)(H2,18,19,20)/t9-/m1/s1. The van der Waals surface area contributed by atoms with Gasteiger partial charge in [0.05, 0.1) is 11.7 Å². The van der Waals surface area contributed by atoms with E-state index >= 15 is 0 Å². The summed E-state index contributed by atoms with van der Waals surface area (Å²) in [7, 11) is -4.31. The van der Waals surface area contributed by atoms with Crippen LogP contribution in [0.5, 0.6) is 0 Å². The Morgan fingerprint density at radius 3 is 2.76 bits per heavy atom. The number of nitrogens with two attached hydrogens (primary N) is 1. The number of aliphatic carboxylic acids is 1. The van der Waals surface area contributed by atoms with Crippen LogP contribution >= 0.6 is 7.60 Å². The Bertz CT molecular complexity index is 730. The van der Waals surface area contributed by atoms with Gasteiger partial charge in [-0.1, -0.05) is 0 Å². The number of fused-ring (bicyclic) bond motifs is 1. The molecule has 0 saturated heterocycles. The molecule has 0 radical (unpaired) electrons. The van der Waals surface area contributed by atoms with Crippen LogP contribution in [0.1, 0.15) is 11.3 Å². The largest absolute Gasteiger partial charge is 0.480 e. The van der Waals surface area contributed by atoms with Gasteiger partial charge in [0.2, 0.25) is 0 Å². The summed E-state index contributed by atoms with van der Waals surface area (Å²) in [6, 6.07) is 2.00. The van der Waals surface area contributed by atoms with E-state index in [4.69, 9.17) is 20.6 Å². The smallest absolute Gasteiger partial charge is 0.329 e. The van der Waals surface area contributed by atoms with E-state index in [0.29, 0.717) is 10.9 Å². The number of carbonyl (C=O) groups is 1. The molecule has 0 aliphatic carbocycles. The van der Waals surface area contributed by atoms with Crippen LogP contribution in [0.2, 0.25) is 0 Å². The Kier molecular flexibility index (Phi) is 4.34. The van der Waals surface area contributed by atoms with Crippen molar-refractivity contribution in [3.05, 3.63) is 35.8 Å². The number of hydrogen-bond donors (Lipinski definition) is 4. The van der Waals surface area contributed by atoms with Gasteiger partial charge in [0.15, 0.2) is 0 Å². The second kappa shape index (κ2) is 5.87. The quantitative estimate of drug-likeness (QED) is 0.575. The zero-order valence-electron chi connectivity index (χ0n) is 10.9. The first-order valence-electron chi connectivity index (χ1n) is 6.02. The molecule has 0 saturated carbocycles. The van der Waals surface area contributed by atoms with Crippen LogP contribution in [-0.4, -0.2) is 36.9 Å². The molecular formula is C12H14N3O5P. The van der Waals surface area contributed by atoms with Crippen molar-refractivity contribution >= 4 is 24.5 Å². The van der Waals surface area contributed by atoms with Gasteiger partial charge in [0, 0.05) is 29.9 Å². The first-order chi connectivity index (χ1) is 9.76. The summed E-state index contributed by atoms with van der Waals surface area (Å²) in [4.78, 5) is 37.3. The van der Waals surface area contributed by atoms with Crippen LogP contribution in [0.15, 0.2) is 24.5 Å². The van der Waals surface area contributed by atoms with Gasteiger partial charge in [-0.2, -0.15) is 0 Å². The van der Waals surface area contributed by atoms with Crippen molar-refractivity contribution in [3.63, 3.8) is 0 Å². The number of nitrogens with zero attached hydrogens (tertiary/aromatic N) is 2. The molecular weight excluding hydrogens is 297 g/mol. The topological polar surface area (TPSA) is 147 Å². The molecule has 2 aromatic rings. The van der Waals surface area contributed by atoms with Gasteiger partial charge in [-0.05, 0) is 17.7 Å². The SMILES string of the molecule is N[C@H](Cc1nc2ccncc2cc1CP(=O)(O)O)C(=O)O. The molecule has 8 nitrogen and oxygen atoms in total. The number of pyridine rings is 2. The third kappa shape index (κ3) is 4.05. The monoisotopic (exact) mass is 311 g/mol. The molecule has 0 spiro atoms. The minimum Gasteiger partial charge on any atom is -0.480 e. The molecule has 0 aliphatic rings. The number of hydrogen-bond acceptors (Lipinski definition) is 5.